The van der Waals surface area contributed by atoms with Crippen molar-refractivity contribution in [2.75, 3.05) is 7.11 Å². The van der Waals surface area contributed by atoms with Gasteiger partial charge in [0.25, 0.3) is 0 Å². The van der Waals surface area contributed by atoms with E-state index in [0.717, 1.165) is 5.56 Å². The average Bonchev–Trinajstić information content (AvgIpc) is 2.31. The summed E-state index contributed by atoms with van der Waals surface area (Å²) in [5, 5.41) is 0. The lowest BCUT2D eigenvalue weighted by Crippen LogP contribution is -1.95. The second-order valence-corrected chi connectivity index (χ2v) is 4.73. The predicted octanol–water partition coefficient (Wildman–Crippen LogP) is 5.02. The van der Waals surface area contributed by atoms with Crippen LogP contribution in [0.2, 0.25) is 0 Å². The zero-order valence-electron chi connectivity index (χ0n) is 10.8. The van der Waals surface area contributed by atoms with Crippen molar-refractivity contribution in [1.82, 2.24) is 0 Å². The van der Waals surface area contributed by atoms with E-state index < -0.39 is 0 Å². The third-order valence-electron chi connectivity index (χ3n) is 2.54. The van der Waals surface area contributed by atoms with E-state index in [0.29, 0.717) is 21.4 Å². The Morgan fingerprint density at radius 1 is 1.44 bits per heavy atom. The zero-order valence-corrected chi connectivity index (χ0v) is 12.3. The van der Waals surface area contributed by atoms with Crippen molar-refractivity contribution in [2.24, 2.45) is 0 Å². The van der Waals surface area contributed by atoms with E-state index >= 15 is 0 Å². The van der Waals surface area contributed by atoms with Crippen LogP contribution in [0.15, 0.2) is 47.2 Å². The van der Waals surface area contributed by atoms with E-state index in [1.165, 1.54) is 6.07 Å². The van der Waals surface area contributed by atoms with Gasteiger partial charge < -0.3 is 4.74 Å². The van der Waals surface area contributed by atoms with Crippen LogP contribution in [0, 0.1) is 12.7 Å². The smallest absolute Gasteiger partial charge is 0.132 e. The van der Waals surface area contributed by atoms with Crippen LogP contribution >= 0.6 is 15.9 Å². The molecule has 0 radical (unpaired) electrons. The van der Waals surface area contributed by atoms with Crippen LogP contribution in [0.3, 0.4) is 0 Å². The Morgan fingerprint density at radius 2 is 2.11 bits per heavy atom. The molecule has 1 aromatic rings. The summed E-state index contributed by atoms with van der Waals surface area (Å²) in [5.41, 5.74) is 2.06. The van der Waals surface area contributed by atoms with E-state index in [9.17, 15) is 4.39 Å². The highest BCUT2D eigenvalue weighted by atomic mass is 79.9. The highest BCUT2D eigenvalue weighted by Crippen LogP contribution is 2.31. The van der Waals surface area contributed by atoms with Crippen LogP contribution in [-0.4, -0.2) is 7.11 Å². The van der Waals surface area contributed by atoms with Gasteiger partial charge in [-0.2, -0.15) is 0 Å². The van der Waals surface area contributed by atoms with Gasteiger partial charge in [-0.05, 0) is 31.5 Å². The largest absolute Gasteiger partial charge is 0.501 e. The molecule has 0 N–H and O–H groups in total. The molecule has 1 nitrogen and oxygen atoms in total. The molecule has 3 heteroatoms. The molecular formula is C15H16BrFO. The maximum atomic E-state index is 14.1. The van der Waals surface area contributed by atoms with E-state index in [-0.39, 0.29) is 5.82 Å². The zero-order chi connectivity index (χ0) is 13.7. The quantitative estimate of drug-likeness (QED) is 0.560. The summed E-state index contributed by atoms with van der Waals surface area (Å²) in [6.45, 7) is 7.27. The van der Waals surface area contributed by atoms with E-state index in [2.05, 4.69) is 22.5 Å². The fraction of sp³-hybridized carbons (Fsp3) is 0.200. The standard InChI is InChI=1S/C15H16BrFO/c1-5-6-7-12(11(3)18-4)15-13(16)8-10(2)9-14(15)17/h5-9H,1H2,2-4H3/b7-6-,12-11-. The van der Waals surface area contributed by atoms with Crippen LogP contribution in [0.4, 0.5) is 4.39 Å². The first kappa shape index (κ1) is 14.7. The first-order valence-electron chi connectivity index (χ1n) is 5.51. The Kier molecular flexibility index (Phi) is 5.35. The molecule has 1 aromatic carbocycles. The topological polar surface area (TPSA) is 9.23 Å². The highest BCUT2D eigenvalue weighted by molar-refractivity contribution is 9.10. The number of allylic oxidation sites excluding steroid dienone is 5. The Bertz CT molecular complexity index is 492. The molecule has 0 aliphatic heterocycles. The molecule has 0 atom stereocenters. The Labute approximate surface area is 116 Å². The molecular weight excluding hydrogens is 295 g/mol. The first-order valence-corrected chi connectivity index (χ1v) is 6.30. The summed E-state index contributed by atoms with van der Waals surface area (Å²) in [4.78, 5) is 0. The third kappa shape index (κ3) is 3.33. The van der Waals surface area contributed by atoms with Crippen molar-refractivity contribution in [2.45, 2.75) is 13.8 Å². The van der Waals surface area contributed by atoms with Gasteiger partial charge in [0, 0.05) is 15.6 Å². The summed E-state index contributed by atoms with van der Waals surface area (Å²) < 4.78 is 20.0. The molecule has 0 bridgehead atoms. The molecule has 0 heterocycles. The molecule has 0 spiro atoms. The molecule has 0 aromatic heterocycles. The second-order valence-electron chi connectivity index (χ2n) is 3.87. The van der Waals surface area contributed by atoms with Crippen molar-refractivity contribution in [1.29, 1.82) is 0 Å². The van der Waals surface area contributed by atoms with Gasteiger partial charge >= 0.3 is 0 Å². The number of rotatable bonds is 4. The van der Waals surface area contributed by atoms with Crippen LogP contribution in [-0.2, 0) is 4.74 Å². The fourth-order valence-electron chi connectivity index (χ4n) is 1.61. The second kappa shape index (κ2) is 6.55. The van der Waals surface area contributed by atoms with Gasteiger partial charge in [0.15, 0.2) is 0 Å². The number of ether oxygens (including phenoxy) is 1. The maximum absolute atomic E-state index is 14.1. The van der Waals surface area contributed by atoms with Crippen LogP contribution in [0.25, 0.3) is 5.57 Å². The lowest BCUT2D eigenvalue weighted by molar-refractivity contribution is 0.296. The average molecular weight is 311 g/mol. The molecule has 96 valence electrons. The van der Waals surface area contributed by atoms with Crippen molar-refractivity contribution < 1.29 is 9.13 Å². The number of halogens is 2. The van der Waals surface area contributed by atoms with Crippen molar-refractivity contribution in [3.05, 3.63) is 64.1 Å². The Morgan fingerprint density at radius 3 is 2.61 bits per heavy atom. The first-order chi connectivity index (χ1) is 8.51. The minimum absolute atomic E-state index is 0.276. The maximum Gasteiger partial charge on any atom is 0.132 e. The Balaban J connectivity index is 3.49. The number of aryl methyl sites for hydroxylation is 1. The van der Waals surface area contributed by atoms with E-state index in [4.69, 9.17) is 4.74 Å². The summed E-state index contributed by atoms with van der Waals surface area (Å²) in [6.07, 6.45) is 5.18. The molecule has 0 unspecified atom stereocenters. The molecule has 0 aliphatic rings. The summed E-state index contributed by atoms with van der Waals surface area (Å²) in [6, 6.07) is 3.38. The number of methoxy groups -OCH3 is 1. The summed E-state index contributed by atoms with van der Waals surface area (Å²) in [5.74, 6) is 0.374. The lowest BCUT2D eigenvalue weighted by Gasteiger charge is -2.12. The minimum Gasteiger partial charge on any atom is -0.501 e. The fourth-order valence-corrected chi connectivity index (χ4v) is 2.37. The van der Waals surface area contributed by atoms with Gasteiger partial charge in [0.2, 0.25) is 0 Å². The number of hydrogen-bond donors (Lipinski definition) is 0. The molecule has 0 saturated heterocycles. The molecule has 0 saturated carbocycles. The van der Waals surface area contributed by atoms with Crippen molar-refractivity contribution >= 4 is 21.5 Å². The van der Waals surface area contributed by atoms with Crippen molar-refractivity contribution in [3.63, 3.8) is 0 Å². The van der Waals surface area contributed by atoms with Crippen molar-refractivity contribution in [3.8, 4) is 0 Å². The Hall–Kier alpha value is -1.35. The number of hydrogen-bond acceptors (Lipinski definition) is 1. The number of benzene rings is 1. The van der Waals surface area contributed by atoms with E-state index in [1.807, 2.05) is 13.0 Å². The normalized spacial score (nSPS) is 12.5. The van der Waals surface area contributed by atoms with Gasteiger partial charge in [0.05, 0.1) is 7.11 Å². The van der Waals surface area contributed by atoms with Gasteiger partial charge in [-0.25, -0.2) is 4.39 Å². The highest BCUT2D eigenvalue weighted by Gasteiger charge is 2.14. The molecule has 0 aliphatic carbocycles. The summed E-state index contributed by atoms with van der Waals surface area (Å²) in [7, 11) is 1.57. The van der Waals surface area contributed by atoms with Gasteiger partial charge in [-0.15, -0.1) is 0 Å². The minimum atomic E-state index is -0.276. The van der Waals surface area contributed by atoms with Crippen LogP contribution in [0.5, 0.6) is 0 Å². The molecule has 0 amide bonds. The van der Waals surface area contributed by atoms with Gasteiger partial charge in [-0.1, -0.05) is 40.7 Å². The van der Waals surface area contributed by atoms with Crippen LogP contribution < -0.4 is 0 Å². The lowest BCUT2D eigenvalue weighted by atomic mass is 10.0. The van der Waals surface area contributed by atoms with Crippen LogP contribution in [0.1, 0.15) is 18.1 Å². The molecule has 1 rings (SSSR count). The SMILES string of the molecule is C=C/C=C\C(=C(/C)OC)c1c(F)cc(C)cc1Br. The van der Waals surface area contributed by atoms with Gasteiger partial charge in [-0.3, -0.25) is 0 Å². The predicted molar refractivity (Wildman–Crippen MR) is 77.8 cm³/mol. The molecule has 0 fully saturated rings. The van der Waals surface area contributed by atoms with E-state index in [1.54, 1.807) is 32.3 Å². The monoisotopic (exact) mass is 310 g/mol. The molecule has 18 heavy (non-hydrogen) atoms. The summed E-state index contributed by atoms with van der Waals surface area (Å²) >= 11 is 3.40. The third-order valence-corrected chi connectivity index (χ3v) is 3.17. The van der Waals surface area contributed by atoms with Gasteiger partial charge in [0.1, 0.15) is 11.6 Å².